The topological polar surface area (TPSA) is 65.4 Å². The number of rotatable bonds is 5. The van der Waals surface area contributed by atoms with Crippen LogP contribution in [0.5, 0.6) is 0 Å². The number of pyridine rings is 1. The van der Waals surface area contributed by atoms with Gasteiger partial charge >= 0.3 is 6.18 Å². The largest absolute Gasteiger partial charge is 0.418 e. The van der Waals surface area contributed by atoms with Gasteiger partial charge in [0.25, 0.3) is 0 Å². The molecule has 0 saturated carbocycles. The molecule has 0 radical (unpaired) electrons. The molecule has 102 valence electrons. The fraction of sp³-hybridized carbons (Fsp3) is 0.545. The van der Waals surface area contributed by atoms with Gasteiger partial charge in [0.05, 0.1) is 17.4 Å². The van der Waals surface area contributed by atoms with Crippen molar-refractivity contribution in [3.8, 4) is 0 Å². The molecule has 0 amide bonds. The lowest BCUT2D eigenvalue weighted by molar-refractivity contribution is -0.140. The van der Waals surface area contributed by atoms with E-state index in [2.05, 4.69) is 10.3 Å². The summed E-state index contributed by atoms with van der Waals surface area (Å²) < 4.78 is 38.0. The van der Waals surface area contributed by atoms with Crippen LogP contribution in [-0.2, 0) is 6.18 Å². The summed E-state index contributed by atoms with van der Waals surface area (Å²) in [5.41, 5.74) is -1.57. The van der Waals surface area contributed by atoms with Gasteiger partial charge in [0.2, 0.25) is 0 Å². The van der Waals surface area contributed by atoms with Crippen LogP contribution in [0.4, 0.5) is 13.2 Å². The summed E-state index contributed by atoms with van der Waals surface area (Å²) in [5.74, 6) is 0. The zero-order valence-corrected chi connectivity index (χ0v) is 9.78. The van der Waals surface area contributed by atoms with E-state index in [1.807, 2.05) is 0 Å². The molecule has 2 atom stereocenters. The molecule has 0 aliphatic rings. The number of aromatic nitrogens is 1. The molecule has 7 heteroatoms. The summed E-state index contributed by atoms with van der Waals surface area (Å²) in [6.07, 6.45) is -6.28. The highest BCUT2D eigenvalue weighted by Crippen LogP contribution is 2.34. The van der Waals surface area contributed by atoms with E-state index in [-0.39, 0.29) is 6.42 Å². The Bertz CT molecular complexity index is 385. The van der Waals surface area contributed by atoms with Crippen LogP contribution in [0, 0.1) is 0 Å². The zero-order chi connectivity index (χ0) is 13.8. The molecule has 0 aliphatic carbocycles. The van der Waals surface area contributed by atoms with Crippen molar-refractivity contribution in [1.29, 1.82) is 0 Å². The maximum Gasteiger partial charge on any atom is 0.418 e. The minimum Gasteiger partial charge on any atom is -0.390 e. The van der Waals surface area contributed by atoms with Gasteiger partial charge in [0.15, 0.2) is 0 Å². The van der Waals surface area contributed by atoms with Crippen molar-refractivity contribution >= 4 is 0 Å². The van der Waals surface area contributed by atoms with Gasteiger partial charge in [-0.05, 0) is 32.1 Å². The van der Waals surface area contributed by atoms with Crippen molar-refractivity contribution in [2.24, 2.45) is 0 Å². The summed E-state index contributed by atoms with van der Waals surface area (Å²) in [6, 6.07) is 1.97. The average Bonchev–Trinajstić information content (AvgIpc) is 2.34. The van der Waals surface area contributed by atoms with Crippen LogP contribution in [0.3, 0.4) is 0 Å². The Labute approximate surface area is 102 Å². The van der Waals surface area contributed by atoms with Crippen LogP contribution in [-0.4, -0.2) is 34.9 Å². The number of nitrogens with zero attached hydrogens (tertiary/aromatic N) is 1. The Kier molecular flexibility index (Phi) is 5.06. The molecular weight excluding hydrogens is 249 g/mol. The summed E-state index contributed by atoms with van der Waals surface area (Å²) in [4.78, 5) is 3.52. The number of aliphatic hydroxyl groups is 2. The van der Waals surface area contributed by atoms with Gasteiger partial charge in [-0.1, -0.05) is 0 Å². The van der Waals surface area contributed by atoms with Gasteiger partial charge in [0.1, 0.15) is 6.10 Å². The van der Waals surface area contributed by atoms with Crippen molar-refractivity contribution in [3.63, 3.8) is 0 Å². The first-order valence-corrected chi connectivity index (χ1v) is 5.40. The van der Waals surface area contributed by atoms with E-state index >= 15 is 0 Å². The van der Waals surface area contributed by atoms with Gasteiger partial charge in [-0.15, -0.1) is 0 Å². The van der Waals surface area contributed by atoms with Gasteiger partial charge in [0, 0.05) is 6.20 Å². The third-order valence-electron chi connectivity index (χ3n) is 2.48. The second kappa shape index (κ2) is 6.12. The normalized spacial score (nSPS) is 15.4. The maximum absolute atomic E-state index is 12.7. The molecule has 1 aromatic rings. The SMILES string of the molecule is CNCCC(O)C(O)c1ncccc1C(F)(F)F. The first kappa shape index (κ1) is 14.9. The van der Waals surface area contributed by atoms with E-state index in [1.54, 1.807) is 7.05 Å². The first-order valence-electron chi connectivity index (χ1n) is 5.40. The smallest absolute Gasteiger partial charge is 0.390 e. The molecule has 0 saturated heterocycles. The van der Waals surface area contributed by atoms with E-state index in [9.17, 15) is 23.4 Å². The Morgan fingerprint density at radius 3 is 2.61 bits per heavy atom. The second-order valence-corrected chi connectivity index (χ2v) is 3.84. The summed E-state index contributed by atoms with van der Waals surface area (Å²) in [6.45, 7) is 0.381. The molecule has 2 unspecified atom stereocenters. The highest BCUT2D eigenvalue weighted by atomic mass is 19.4. The Morgan fingerprint density at radius 1 is 1.39 bits per heavy atom. The predicted molar refractivity (Wildman–Crippen MR) is 58.7 cm³/mol. The van der Waals surface area contributed by atoms with E-state index < -0.39 is 29.6 Å². The molecule has 0 aliphatic heterocycles. The third-order valence-corrected chi connectivity index (χ3v) is 2.48. The molecule has 0 bridgehead atoms. The molecule has 1 aromatic heterocycles. The number of aliphatic hydroxyl groups excluding tert-OH is 2. The van der Waals surface area contributed by atoms with Crippen molar-refractivity contribution in [2.45, 2.75) is 24.8 Å². The van der Waals surface area contributed by atoms with Crippen LogP contribution in [0.25, 0.3) is 0 Å². The molecule has 1 heterocycles. The maximum atomic E-state index is 12.7. The molecule has 0 fully saturated rings. The lowest BCUT2D eigenvalue weighted by Crippen LogP contribution is -2.26. The van der Waals surface area contributed by atoms with Crippen molar-refractivity contribution in [3.05, 3.63) is 29.6 Å². The Morgan fingerprint density at radius 2 is 2.06 bits per heavy atom. The predicted octanol–water partition coefficient (Wildman–Crippen LogP) is 1.10. The molecule has 0 spiro atoms. The quantitative estimate of drug-likeness (QED) is 0.745. The Balaban J connectivity index is 2.95. The number of hydrogen-bond acceptors (Lipinski definition) is 4. The minimum atomic E-state index is -4.60. The van der Waals surface area contributed by atoms with Gasteiger partial charge in [-0.3, -0.25) is 4.98 Å². The van der Waals surface area contributed by atoms with Crippen molar-refractivity contribution in [2.75, 3.05) is 13.6 Å². The number of alkyl halides is 3. The standard InChI is InChI=1S/C11H15F3N2O2/c1-15-6-4-8(17)10(18)9-7(11(12,13)14)3-2-5-16-9/h2-3,5,8,10,15,17-18H,4,6H2,1H3. The lowest BCUT2D eigenvalue weighted by atomic mass is 10.0. The highest BCUT2D eigenvalue weighted by molar-refractivity contribution is 5.25. The minimum absolute atomic E-state index is 0.130. The number of halogens is 3. The molecule has 1 rings (SSSR count). The summed E-state index contributed by atoms with van der Waals surface area (Å²) >= 11 is 0. The van der Waals surface area contributed by atoms with Crippen molar-refractivity contribution < 1.29 is 23.4 Å². The molecular formula is C11H15F3N2O2. The third kappa shape index (κ3) is 3.66. The van der Waals surface area contributed by atoms with Gasteiger partial charge in [-0.2, -0.15) is 13.2 Å². The fourth-order valence-corrected chi connectivity index (χ4v) is 1.53. The van der Waals surface area contributed by atoms with Gasteiger partial charge in [-0.25, -0.2) is 0 Å². The van der Waals surface area contributed by atoms with E-state index in [1.165, 1.54) is 0 Å². The Hall–Kier alpha value is -1.18. The van der Waals surface area contributed by atoms with E-state index in [0.717, 1.165) is 18.3 Å². The molecule has 18 heavy (non-hydrogen) atoms. The van der Waals surface area contributed by atoms with Crippen molar-refractivity contribution in [1.82, 2.24) is 10.3 Å². The summed E-state index contributed by atoms with van der Waals surface area (Å²) in [7, 11) is 1.64. The monoisotopic (exact) mass is 264 g/mol. The second-order valence-electron chi connectivity index (χ2n) is 3.84. The lowest BCUT2D eigenvalue weighted by Gasteiger charge is -2.20. The van der Waals surface area contributed by atoms with E-state index in [0.29, 0.717) is 6.54 Å². The van der Waals surface area contributed by atoms with Crippen LogP contribution < -0.4 is 5.32 Å². The molecule has 3 N–H and O–H groups in total. The molecule has 0 aromatic carbocycles. The number of nitrogens with one attached hydrogen (secondary N) is 1. The van der Waals surface area contributed by atoms with E-state index in [4.69, 9.17) is 0 Å². The number of hydrogen-bond donors (Lipinski definition) is 3. The van der Waals surface area contributed by atoms with Crippen LogP contribution in [0.15, 0.2) is 18.3 Å². The highest BCUT2D eigenvalue weighted by Gasteiger charge is 2.37. The summed E-state index contributed by atoms with van der Waals surface area (Å²) in [5, 5.41) is 22.1. The molecule has 4 nitrogen and oxygen atoms in total. The van der Waals surface area contributed by atoms with Crippen LogP contribution in [0.1, 0.15) is 23.8 Å². The zero-order valence-electron chi connectivity index (χ0n) is 9.78. The average molecular weight is 264 g/mol. The first-order chi connectivity index (χ1) is 8.38. The van der Waals surface area contributed by atoms with Crippen LogP contribution >= 0.6 is 0 Å². The van der Waals surface area contributed by atoms with Gasteiger partial charge < -0.3 is 15.5 Å². The van der Waals surface area contributed by atoms with Crippen LogP contribution in [0.2, 0.25) is 0 Å². The fourth-order valence-electron chi connectivity index (χ4n) is 1.53.